The number of aromatic nitrogens is 3. The van der Waals surface area contributed by atoms with Gasteiger partial charge < -0.3 is 10.6 Å². The lowest BCUT2D eigenvalue weighted by atomic mass is 10.1. The number of hydrogen-bond donors (Lipinski definition) is 2. The minimum absolute atomic E-state index is 0.737. The van der Waals surface area contributed by atoms with Crippen molar-refractivity contribution >= 4 is 11.6 Å². The van der Waals surface area contributed by atoms with Crippen LogP contribution in [0.2, 0.25) is 0 Å². The van der Waals surface area contributed by atoms with Crippen molar-refractivity contribution in [3.8, 4) is 0 Å². The molecule has 0 aliphatic heterocycles. The monoisotopic (exact) mass is 285 g/mol. The summed E-state index contributed by atoms with van der Waals surface area (Å²) in [5.41, 5.74) is 3.46. The molecule has 2 aromatic rings. The number of rotatable bonds is 6. The predicted molar refractivity (Wildman–Crippen MR) is 86.6 cm³/mol. The van der Waals surface area contributed by atoms with Crippen molar-refractivity contribution in [2.24, 2.45) is 0 Å². The van der Waals surface area contributed by atoms with Gasteiger partial charge in [0.2, 0.25) is 0 Å². The van der Waals surface area contributed by atoms with Gasteiger partial charge in [0.1, 0.15) is 17.5 Å². The van der Waals surface area contributed by atoms with E-state index in [2.05, 4.69) is 46.4 Å². The first-order valence-corrected chi connectivity index (χ1v) is 7.40. The van der Waals surface area contributed by atoms with E-state index in [4.69, 9.17) is 0 Å². The summed E-state index contributed by atoms with van der Waals surface area (Å²) >= 11 is 0. The molecular weight excluding hydrogens is 262 g/mol. The molecule has 0 unspecified atom stereocenters. The third-order valence-electron chi connectivity index (χ3n) is 3.44. The fraction of sp³-hybridized carbons (Fsp3) is 0.438. The Balaban J connectivity index is 2.22. The fourth-order valence-electron chi connectivity index (χ4n) is 2.11. The Bertz CT molecular complexity index is 610. The molecule has 0 aromatic carbocycles. The number of anilines is 2. The molecule has 0 bridgehead atoms. The third kappa shape index (κ3) is 3.68. The van der Waals surface area contributed by atoms with E-state index in [9.17, 15) is 0 Å². The van der Waals surface area contributed by atoms with E-state index < -0.39 is 0 Å². The summed E-state index contributed by atoms with van der Waals surface area (Å²) in [6.07, 6.45) is 4.52. The molecular formula is C16H23N5. The molecule has 0 fully saturated rings. The molecule has 0 radical (unpaired) electrons. The van der Waals surface area contributed by atoms with Crippen LogP contribution in [-0.2, 0) is 13.0 Å². The molecule has 21 heavy (non-hydrogen) atoms. The predicted octanol–water partition coefficient (Wildman–Crippen LogP) is 3.09. The van der Waals surface area contributed by atoms with Crippen molar-refractivity contribution in [1.29, 1.82) is 0 Å². The van der Waals surface area contributed by atoms with E-state index in [1.807, 2.05) is 25.4 Å². The van der Waals surface area contributed by atoms with Crippen LogP contribution in [0.15, 0.2) is 18.5 Å². The molecule has 0 atom stereocenters. The molecule has 0 aliphatic carbocycles. The molecule has 112 valence electrons. The van der Waals surface area contributed by atoms with Gasteiger partial charge in [-0.05, 0) is 38.0 Å². The SMILES string of the molecule is CCNc1nc(CC)nc(NCc2ccncc2C)c1C. The van der Waals surface area contributed by atoms with Crippen molar-refractivity contribution < 1.29 is 0 Å². The lowest BCUT2D eigenvalue weighted by Gasteiger charge is -2.14. The molecule has 2 aromatic heterocycles. The van der Waals surface area contributed by atoms with Crippen LogP contribution >= 0.6 is 0 Å². The highest BCUT2D eigenvalue weighted by Crippen LogP contribution is 2.21. The second-order valence-corrected chi connectivity index (χ2v) is 5.00. The highest BCUT2D eigenvalue weighted by atomic mass is 15.1. The molecule has 5 heteroatoms. The van der Waals surface area contributed by atoms with Gasteiger partial charge in [-0.2, -0.15) is 0 Å². The Kier molecular flexibility index (Phi) is 5.09. The molecule has 2 heterocycles. The quantitative estimate of drug-likeness (QED) is 0.854. The molecule has 0 saturated heterocycles. The van der Waals surface area contributed by atoms with Crippen molar-refractivity contribution in [3.05, 3.63) is 41.0 Å². The molecule has 0 aliphatic rings. The van der Waals surface area contributed by atoms with Gasteiger partial charge in [-0.3, -0.25) is 4.98 Å². The Labute approximate surface area is 126 Å². The maximum Gasteiger partial charge on any atom is 0.135 e. The van der Waals surface area contributed by atoms with Gasteiger partial charge in [-0.15, -0.1) is 0 Å². The van der Waals surface area contributed by atoms with Crippen molar-refractivity contribution in [1.82, 2.24) is 15.0 Å². The van der Waals surface area contributed by atoms with E-state index in [1.54, 1.807) is 0 Å². The van der Waals surface area contributed by atoms with Crippen LogP contribution in [-0.4, -0.2) is 21.5 Å². The Morgan fingerprint density at radius 3 is 2.38 bits per heavy atom. The minimum Gasteiger partial charge on any atom is -0.370 e. The van der Waals surface area contributed by atoms with E-state index in [1.165, 1.54) is 11.1 Å². The standard InChI is InChI=1S/C16H23N5/c1-5-14-20-15(18-6-2)12(4)16(21-14)19-10-13-7-8-17-9-11(13)3/h7-9H,5-6,10H2,1-4H3,(H2,18,19,20,21). The lowest BCUT2D eigenvalue weighted by molar-refractivity contribution is 0.918. The summed E-state index contributed by atoms with van der Waals surface area (Å²) in [5.74, 6) is 2.66. The first kappa shape index (κ1) is 15.2. The first-order chi connectivity index (χ1) is 10.2. The highest BCUT2D eigenvalue weighted by molar-refractivity contribution is 5.57. The van der Waals surface area contributed by atoms with Gasteiger partial charge in [0, 0.05) is 37.5 Å². The summed E-state index contributed by atoms with van der Waals surface area (Å²) in [4.78, 5) is 13.3. The minimum atomic E-state index is 0.737. The average molecular weight is 285 g/mol. The van der Waals surface area contributed by atoms with Crippen LogP contribution in [0.4, 0.5) is 11.6 Å². The number of pyridine rings is 1. The van der Waals surface area contributed by atoms with Gasteiger partial charge in [0.15, 0.2) is 0 Å². The van der Waals surface area contributed by atoms with Crippen LogP contribution in [0.5, 0.6) is 0 Å². The van der Waals surface area contributed by atoms with Gasteiger partial charge >= 0.3 is 0 Å². The summed E-state index contributed by atoms with van der Waals surface area (Å²) in [6, 6.07) is 2.03. The maximum absolute atomic E-state index is 4.60. The van der Waals surface area contributed by atoms with E-state index >= 15 is 0 Å². The van der Waals surface area contributed by atoms with Crippen LogP contribution in [0.1, 0.15) is 36.4 Å². The van der Waals surface area contributed by atoms with Gasteiger partial charge in [-0.25, -0.2) is 9.97 Å². The second-order valence-electron chi connectivity index (χ2n) is 5.00. The zero-order chi connectivity index (χ0) is 15.2. The zero-order valence-electron chi connectivity index (χ0n) is 13.2. The third-order valence-corrected chi connectivity index (χ3v) is 3.44. The smallest absolute Gasteiger partial charge is 0.135 e. The fourth-order valence-corrected chi connectivity index (χ4v) is 2.11. The normalized spacial score (nSPS) is 10.5. The Morgan fingerprint density at radius 2 is 1.76 bits per heavy atom. The average Bonchev–Trinajstić information content (AvgIpc) is 2.49. The summed E-state index contributed by atoms with van der Waals surface area (Å²) in [6.45, 7) is 9.83. The topological polar surface area (TPSA) is 62.7 Å². The molecule has 0 saturated carbocycles. The lowest BCUT2D eigenvalue weighted by Crippen LogP contribution is -2.11. The highest BCUT2D eigenvalue weighted by Gasteiger charge is 2.10. The van der Waals surface area contributed by atoms with Crippen LogP contribution in [0.3, 0.4) is 0 Å². The summed E-state index contributed by atoms with van der Waals surface area (Å²) in [7, 11) is 0. The number of aryl methyl sites for hydroxylation is 2. The van der Waals surface area contributed by atoms with E-state index in [0.29, 0.717) is 0 Å². The number of hydrogen-bond acceptors (Lipinski definition) is 5. The van der Waals surface area contributed by atoms with Crippen molar-refractivity contribution in [3.63, 3.8) is 0 Å². The summed E-state index contributed by atoms with van der Waals surface area (Å²) < 4.78 is 0. The van der Waals surface area contributed by atoms with Gasteiger partial charge in [-0.1, -0.05) is 6.92 Å². The van der Waals surface area contributed by atoms with E-state index in [0.717, 1.165) is 42.5 Å². The second kappa shape index (κ2) is 7.02. The zero-order valence-corrected chi connectivity index (χ0v) is 13.2. The van der Waals surface area contributed by atoms with E-state index in [-0.39, 0.29) is 0 Å². The molecule has 0 amide bonds. The largest absolute Gasteiger partial charge is 0.370 e. The molecule has 0 spiro atoms. The number of nitrogens with zero attached hydrogens (tertiary/aromatic N) is 3. The molecule has 2 rings (SSSR count). The number of nitrogens with one attached hydrogen (secondary N) is 2. The Morgan fingerprint density at radius 1 is 1.05 bits per heavy atom. The van der Waals surface area contributed by atoms with Crippen LogP contribution in [0, 0.1) is 13.8 Å². The van der Waals surface area contributed by atoms with Crippen molar-refractivity contribution in [2.75, 3.05) is 17.2 Å². The molecule has 2 N–H and O–H groups in total. The van der Waals surface area contributed by atoms with Crippen LogP contribution in [0.25, 0.3) is 0 Å². The van der Waals surface area contributed by atoms with Crippen LogP contribution < -0.4 is 10.6 Å². The maximum atomic E-state index is 4.60. The van der Waals surface area contributed by atoms with Gasteiger partial charge in [0.05, 0.1) is 0 Å². The van der Waals surface area contributed by atoms with Crippen molar-refractivity contribution in [2.45, 2.75) is 40.7 Å². The molecule has 5 nitrogen and oxygen atoms in total. The van der Waals surface area contributed by atoms with Gasteiger partial charge in [0.25, 0.3) is 0 Å². The Hall–Kier alpha value is -2.17. The first-order valence-electron chi connectivity index (χ1n) is 7.40. The summed E-state index contributed by atoms with van der Waals surface area (Å²) in [5, 5.41) is 6.72.